The molecule has 1 unspecified atom stereocenters. The first kappa shape index (κ1) is 18.2. The van der Waals surface area contributed by atoms with Gasteiger partial charge < -0.3 is 0 Å². The van der Waals surface area contributed by atoms with Crippen molar-refractivity contribution in [3.8, 4) is 5.69 Å². The van der Waals surface area contributed by atoms with Crippen LogP contribution >= 0.6 is 0 Å². The molecule has 144 valence electrons. The van der Waals surface area contributed by atoms with E-state index in [9.17, 15) is 23.2 Å². The van der Waals surface area contributed by atoms with Crippen molar-refractivity contribution in [2.24, 2.45) is 0 Å². The van der Waals surface area contributed by atoms with Crippen molar-refractivity contribution >= 4 is 5.91 Å². The largest absolute Gasteiger partial charge is 0.289 e. The highest BCUT2D eigenvalue weighted by Crippen LogP contribution is 2.42. The van der Waals surface area contributed by atoms with Crippen molar-refractivity contribution in [1.82, 2.24) is 15.3 Å². The number of nitrogens with zero attached hydrogens (tertiary/aromatic N) is 2. The molecule has 1 atom stereocenters. The summed E-state index contributed by atoms with van der Waals surface area (Å²) >= 11 is 0. The van der Waals surface area contributed by atoms with Crippen molar-refractivity contribution in [2.75, 3.05) is 0 Å². The van der Waals surface area contributed by atoms with Crippen LogP contribution in [0, 0.1) is 24.4 Å². The molecule has 2 N–H and O–H groups in total. The molecule has 0 saturated heterocycles. The van der Waals surface area contributed by atoms with Gasteiger partial charge in [0.2, 0.25) is 0 Å². The number of nitrogens with one attached hydrogen (secondary N) is 1. The van der Waals surface area contributed by atoms with Crippen molar-refractivity contribution in [2.45, 2.75) is 25.2 Å². The number of hydrogen-bond acceptors (Lipinski definition) is 3. The smallest absolute Gasteiger partial charge is 0.254 e. The van der Waals surface area contributed by atoms with Crippen LogP contribution in [0.2, 0.25) is 0 Å². The third-order valence-electron chi connectivity index (χ3n) is 5.37. The van der Waals surface area contributed by atoms with E-state index in [0.29, 0.717) is 22.4 Å². The molecule has 1 amide bonds. The lowest BCUT2D eigenvalue weighted by Gasteiger charge is -2.29. The first-order valence-corrected chi connectivity index (χ1v) is 8.59. The molecule has 4 rings (SSSR count). The number of hydrogen-bond donors (Lipinski definition) is 2. The maximum atomic E-state index is 14.3. The van der Waals surface area contributed by atoms with E-state index in [2.05, 4.69) is 5.10 Å². The van der Waals surface area contributed by atoms with Gasteiger partial charge in [-0.05, 0) is 48.2 Å². The van der Waals surface area contributed by atoms with Crippen LogP contribution in [0.15, 0.2) is 42.6 Å². The molecule has 28 heavy (non-hydrogen) atoms. The van der Waals surface area contributed by atoms with Crippen LogP contribution in [0.1, 0.15) is 22.4 Å². The quantitative estimate of drug-likeness (QED) is 0.536. The molecule has 0 saturated carbocycles. The van der Waals surface area contributed by atoms with Gasteiger partial charge in [0.1, 0.15) is 17.3 Å². The molecule has 1 heterocycles. The number of halogens is 3. The lowest BCUT2D eigenvalue weighted by atomic mass is 9.75. The number of aromatic nitrogens is 2. The van der Waals surface area contributed by atoms with Gasteiger partial charge in [0.05, 0.1) is 11.6 Å². The molecule has 5 nitrogen and oxygen atoms in total. The molecule has 1 aliphatic rings. The summed E-state index contributed by atoms with van der Waals surface area (Å²) < 4.78 is 43.0. The highest BCUT2D eigenvalue weighted by atomic mass is 19.1. The second-order valence-corrected chi connectivity index (χ2v) is 6.91. The summed E-state index contributed by atoms with van der Waals surface area (Å²) in [6, 6.07) is 7.56. The van der Waals surface area contributed by atoms with Gasteiger partial charge in [0.15, 0.2) is 5.82 Å². The first-order chi connectivity index (χ1) is 13.4. The standard InChI is InChI=1S/C20H16F3N3O2/c1-11-14(3-2-4-15(11)22)20(19(27)25-28)8-12-10-24-26(18(12)9-20)17-6-5-13(21)7-16(17)23/h2-7,10,28H,8-9H2,1H3,(H,25,27). The Kier molecular flexibility index (Phi) is 4.23. The summed E-state index contributed by atoms with van der Waals surface area (Å²) in [6.07, 6.45) is 1.72. The highest BCUT2D eigenvalue weighted by Gasteiger charge is 2.48. The van der Waals surface area contributed by atoms with E-state index in [-0.39, 0.29) is 18.5 Å². The van der Waals surface area contributed by atoms with Crippen molar-refractivity contribution in [3.63, 3.8) is 0 Å². The first-order valence-electron chi connectivity index (χ1n) is 8.59. The fraction of sp³-hybridized carbons (Fsp3) is 0.200. The Morgan fingerprint density at radius 3 is 2.68 bits per heavy atom. The minimum absolute atomic E-state index is 0.0406. The predicted molar refractivity (Wildman–Crippen MR) is 93.6 cm³/mol. The normalized spacial score (nSPS) is 18.2. The summed E-state index contributed by atoms with van der Waals surface area (Å²) in [5.74, 6) is -2.67. The molecule has 0 radical (unpaired) electrons. The summed E-state index contributed by atoms with van der Waals surface area (Å²) in [6.45, 7) is 1.56. The van der Waals surface area contributed by atoms with E-state index >= 15 is 0 Å². The van der Waals surface area contributed by atoms with Crippen LogP contribution in [0.3, 0.4) is 0 Å². The maximum Gasteiger partial charge on any atom is 0.254 e. The van der Waals surface area contributed by atoms with Gasteiger partial charge in [0, 0.05) is 18.2 Å². The van der Waals surface area contributed by atoms with E-state index in [1.54, 1.807) is 18.5 Å². The van der Waals surface area contributed by atoms with Crippen LogP contribution in [0.5, 0.6) is 0 Å². The number of fused-ring (bicyclic) bond motifs is 1. The highest BCUT2D eigenvalue weighted by molar-refractivity contribution is 5.89. The topological polar surface area (TPSA) is 67.2 Å². The SMILES string of the molecule is Cc1c(F)cccc1C1(C(=O)NO)Cc2cnn(-c3ccc(F)cc3F)c2C1. The lowest BCUT2D eigenvalue weighted by Crippen LogP contribution is -2.45. The van der Waals surface area contributed by atoms with Crippen LogP contribution in [0.25, 0.3) is 5.69 Å². The number of rotatable bonds is 3. The Balaban J connectivity index is 1.85. The van der Waals surface area contributed by atoms with E-state index in [4.69, 9.17) is 0 Å². The van der Waals surface area contributed by atoms with Gasteiger partial charge in [0.25, 0.3) is 5.91 Å². The number of hydroxylamine groups is 1. The Morgan fingerprint density at radius 1 is 1.18 bits per heavy atom. The summed E-state index contributed by atoms with van der Waals surface area (Å²) in [7, 11) is 0. The molecule has 0 fully saturated rings. The van der Waals surface area contributed by atoms with Gasteiger partial charge >= 0.3 is 0 Å². The zero-order valence-electron chi connectivity index (χ0n) is 14.8. The number of carbonyl (C=O) groups excluding carboxylic acids is 1. The molecule has 8 heteroatoms. The van der Waals surface area contributed by atoms with E-state index < -0.39 is 28.8 Å². The van der Waals surface area contributed by atoms with Crippen molar-refractivity contribution in [3.05, 3.63) is 82.4 Å². The van der Waals surface area contributed by atoms with E-state index in [1.807, 2.05) is 0 Å². The predicted octanol–water partition coefficient (Wildman–Crippen LogP) is 3.14. The Bertz CT molecular complexity index is 1100. The molecular formula is C20H16F3N3O2. The molecule has 1 aliphatic carbocycles. The van der Waals surface area contributed by atoms with Crippen LogP contribution in [-0.4, -0.2) is 20.9 Å². The molecule has 0 spiro atoms. The van der Waals surface area contributed by atoms with E-state index in [1.165, 1.54) is 29.1 Å². The third-order valence-corrected chi connectivity index (χ3v) is 5.37. The minimum atomic E-state index is -1.27. The molecule has 0 aliphatic heterocycles. The summed E-state index contributed by atoms with van der Waals surface area (Å²) in [5, 5.41) is 13.5. The second kappa shape index (κ2) is 6.49. The third kappa shape index (κ3) is 2.60. The Labute approximate surface area is 158 Å². The van der Waals surface area contributed by atoms with Gasteiger partial charge in [-0.2, -0.15) is 5.10 Å². The van der Waals surface area contributed by atoms with Gasteiger partial charge in [-0.25, -0.2) is 23.3 Å². The molecule has 3 aromatic rings. The van der Waals surface area contributed by atoms with Gasteiger partial charge in [-0.3, -0.25) is 10.0 Å². The minimum Gasteiger partial charge on any atom is -0.289 e. The summed E-state index contributed by atoms with van der Waals surface area (Å²) in [5.41, 5.74) is 2.38. The molecule has 1 aromatic heterocycles. The Hall–Kier alpha value is -3.13. The van der Waals surface area contributed by atoms with Gasteiger partial charge in [-0.1, -0.05) is 12.1 Å². The fourth-order valence-electron chi connectivity index (χ4n) is 3.98. The molecular weight excluding hydrogens is 371 g/mol. The van der Waals surface area contributed by atoms with Crippen molar-refractivity contribution < 1.29 is 23.2 Å². The number of amides is 1. The molecule has 2 aromatic carbocycles. The number of carbonyl (C=O) groups is 1. The lowest BCUT2D eigenvalue weighted by molar-refractivity contribution is -0.135. The van der Waals surface area contributed by atoms with Crippen LogP contribution in [0.4, 0.5) is 13.2 Å². The van der Waals surface area contributed by atoms with Crippen LogP contribution < -0.4 is 5.48 Å². The average Bonchev–Trinajstić information content (AvgIpc) is 3.22. The van der Waals surface area contributed by atoms with E-state index in [0.717, 1.165) is 12.1 Å². The molecule has 0 bridgehead atoms. The second-order valence-electron chi connectivity index (χ2n) is 6.91. The van der Waals surface area contributed by atoms with Gasteiger partial charge in [-0.15, -0.1) is 0 Å². The van der Waals surface area contributed by atoms with Crippen LogP contribution in [-0.2, 0) is 23.1 Å². The zero-order chi connectivity index (χ0) is 20.1. The Morgan fingerprint density at radius 2 is 1.96 bits per heavy atom. The average molecular weight is 387 g/mol. The monoisotopic (exact) mass is 387 g/mol. The van der Waals surface area contributed by atoms with Crippen molar-refractivity contribution in [1.29, 1.82) is 0 Å². The fourth-order valence-corrected chi connectivity index (χ4v) is 3.98. The number of benzene rings is 2. The zero-order valence-corrected chi connectivity index (χ0v) is 14.8. The summed E-state index contributed by atoms with van der Waals surface area (Å²) in [4.78, 5) is 12.7. The maximum absolute atomic E-state index is 14.3.